The van der Waals surface area contributed by atoms with Gasteiger partial charge in [-0.05, 0) is 31.5 Å². The molecular weight excluding hydrogens is 204 g/mol. The molecule has 0 spiro atoms. The van der Waals surface area contributed by atoms with Crippen molar-refractivity contribution < 1.29 is 9.90 Å². The Morgan fingerprint density at radius 3 is 2.81 bits per heavy atom. The van der Waals surface area contributed by atoms with Gasteiger partial charge in [-0.25, -0.2) is 4.98 Å². The SMILES string of the molecule is Cc1cc(C)nc(N2CC(CO)CC2=O)c1. The molecule has 1 amide bonds. The van der Waals surface area contributed by atoms with E-state index in [0.29, 0.717) is 18.8 Å². The molecule has 1 N–H and O–H groups in total. The molecule has 1 saturated heterocycles. The van der Waals surface area contributed by atoms with Gasteiger partial charge in [-0.3, -0.25) is 9.69 Å². The van der Waals surface area contributed by atoms with Crippen molar-refractivity contribution in [2.24, 2.45) is 5.92 Å². The van der Waals surface area contributed by atoms with Gasteiger partial charge in [0.15, 0.2) is 0 Å². The maximum Gasteiger partial charge on any atom is 0.228 e. The topological polar surface area (TPSA) is 53.4 Å². The molecule has 4 heteroatoms. The number of hydrogen-bond acceptors (Lipinski definition) is 3. The van der Waals surface area contributed by atoms with Crippen molar-refractivity contribution in [3.63, 3.8) is 0 Å². The number of pyridine rings is 1. The third-order valence-corrected chi connectivity index (χ3v) is 2.82. The smallest absolute Gasteiger partial charge is 0.228 e. The Morgan fingerprint density at radius 2 is 2.25 bits per heavy atom. The van der Waals surface area contributed by atoms with Crippen molar-refractivity contribution in [3.8, 4) is 0 Å². The molecule has 0 aliphatic carbocycles. The van der Waals surface area contributed by atoms with Crippen LogP contribution in [0.4, 0.5) is 5.82 Å². The lowest BCUT2D eigenvalue weighted by atomic mass is 10.1. The first-order valence-electron chi connectivity index (χ1n) is 5.46. The van der Waals surface area contributed by atoms with Crippen LogP contribution in [-0.4, -0.2) is 29.1 Å². The third-order valence-electron chi connectivity index (χ3n) is 2.82. The molecule has 86 valence electrons. The van der Waals surface area contributed by atoms with Crippen molar-refractivity contribution in [2.45, 2.75) is 20.3 Å². The zero-order valence-electron chi connectivity index (χ0n) is 9.60. The summed E-state index contributed by atoms with van der Waals surface area (Å²) >= 11 is 0. The molecular formula is C12H16N2O2. The summed E-state index contributed by atoms with van der Waals surface area (Å²) in [6, 6.07) is 3.89. The van der Waals surface area contributed by atoms with Crippen molar-refractivity contribution >= 4 is 11.7 Å². The molecule has 1 unspecified atom stereocenters. The predicted octanol–water partition coefficient (Wildman–Crippen LogP) is 1.04. The molecule has 0 saturated carbocycles. The first kappa shape index (κ1) is 11.1. The summed E-state index contributed by atoms with van der Waals surface area (Å²) in [4.78, 5) is 17.8. The standard InChI is InChI=1S/C12H16N2O2/c1-8-3-9(2)13-11(4-8)14-6-10(7-15)5-12(14)16/h3-4,10,15H,5-7H2,1-2H3. The van der Waals surface area contributed by atoms with Gasteiger partial charge in [-0.2, -0.15) is 0 Å². The van der Waals surface area contributed by atoms with E-state index in [1.807, 2.05) is 26.0 Å². The zero-order chi connectivity index (χ0) is 11.7. The number of aliphatic hydroxyl groups is 1. The second-order valence-corrected chi connectivity index (χ2v) is 4.40. The van der Waals surface area contributed by atoms with Gasteiger partial charge in [0.05, 0.1) is 0 Å². The number of hydrogen-bond donors (Lipinski definition) is 1. The highest BCUT2D eigenvalue weighted by atomic mass is 16.3. The Morgan fingerprint density at radius 1 is 1.50 bits per heavy atom. The average Bonchev–Trinajstić information content (AvgIpc) is 2.58. The Bertz CT molecular complexity index is 397. The van der Waals surface area contributed by atoms with Gasteiger partial charge in [0, 0.05) is 31.2 Å². The number of nitrogens with zero attached hydrogens (tertiary/aromatic N) is 2. The number of carbonyl (C=O) groups is 1. The molecule has 2 heterocycles. The Balaban J connectivity index is 2.27. The van der Waals surface area contributed by atoms with E-state index in [0.717, 1.165) is 11.3 Å². The van der Waals surface area contributed by atoms with Crippen LogP contribution in [0.1, 0.15) is 17.7 Å². The molecule has 1 aliphatic heterocycles. The fraction of sp³-hybridized carbons (Fsp3) is 0.500. The number of aliphatic hydroxyl groups excluding tert-OH is 1. The first-order valence-corrected chi connectivity index (χ1v) is 5.46. The number of anilines is 1. The fourth-order valence-electron chi connectivity index (χ4n) is 2.08. The molecule has 1 fully saturated rings. The van der Waals surface area contributed by atoms with Crippen LogP contribution in [0.2, 0.25) is 0 Å². The summed E-state index contributed by atoms with van der Waals surface area (Å²) in [6.07, 6.45) is 0.422. The van der Waals surface area contributed by atoms with Crippen LogP contribution < -0.4 is 4.90 Å². The van der Waals surface area contributed by atoms with Crippen molar-refractivity contribution in [1.29, 1.82) is 0 Å². The largest absolute Gasteiger partial charge is 0.396 e. The first-order chi connectivity index (χ1) is 7.60. The Hall–Kier alpha value is -1.42. The average molecular weight is 220 g/mol. The van der Waals surface area contributed by atoms with E-state index in [4.69, 9.17) is 5.11 Å². The summed E-state index contributed by atoms with van der Waals surface area (Å²) in [6.45, 7) is 4.54. The summed E-state index contributed by atoms with van der Waals surface area (Å²) in [5, 5.41) is 9.06. The summed E-state index contributed by atoms with van der Waals surface area (Å²) in [7, 11) is 0. The molecule has 16 heavy (non-hydrogen) atoms. The van der Waals surface area contributed by atoms with Crippen LogP contribution in [0.3, 0.4) is 0 Å². The highest BCUT2D eigenvalue weighted by molar-refractivity contribution is 5.94. The quantitative estimate of drug-likeness (QED) is 0.810. The molecule has 1 aliphatic rings. The predicted molar refractivity (Wildman–Crippen MR) is 61.3 cm³/mol. The van der Waals surface area contributed by atoms with Gasteiger partial charge >= 0.3 is 0 Å². The maximum atomic E-state index is 11.7. The fourth-order valence-corrected chi connectivity index (χ4v) is 2.08. The van der Waals surface area contributed by atoms with Gasteiger partial charge in [0.25, 0.3) is 0 Å². The van der Waals surface area contributed by atoms with Crippen LogP contribution in [0.15, 0.2) is 12.1 Å². The molecule has 1 aromatic heterocycles. The van der Waals surface area contributed by atoms with Crippen LogP contribution in [-0.2, 0) is 4.79 Å². The molecule has 4 nitrogen and oxygen atoms in total. The molecule has 1 atom stereocenters. The Kier molecular flexibility index (Phi) is 2.92. The van der Waals surface area contributed by atoms with Gasteiger partial charge in [-0.1, -0.05) is 0 Å². The van der Waals surface area contributed by atoms with Crippen LogP contribution in [0.5, 0.6) is 0 Å². The van der Waals surface area contributed by atoms with E-state index in [1.165, 1.54) is 0 Å². The monoisotopic (exact) mass is 220 g/mol. The number of aromatic nitrogens is 1. The summed E-state index contributed by atoms with van der Waals surface area (Å²) in [5.41, 5.74) is 2.01. The van der Waals surface area contributed by atoms with Crippen molar-refractivity contribution in [2.75, 3.05) is 18.1 Å². The maximum absolute atomic E-state index is 11.7. The van der Waals surface area contributed by atoms with Crippen molar-refractivity contribution in [1.82, 2.24) is 4.98 Å². The van der Waals surface area contributed by atoms with Gasteiger partial charge in [0.2, 0.25) is 5.91 Å². The molecule has 0 radical (unpaired) electrons. The number of carbonyl (C=O) groups excluding carboxylic acids is 1. The highest BCUT2D eigenvalue weighted by Crippen LogP contribution is 2.24. The molecule has 0 aromatic carbocycles. The minimum Gasteiger partial charge on any atom is -0.396 e. The summed E-state index contributed by atoms with van der Waals surface area (Å²) in [5.74, 6) is 0.810. The molecule has 1 aromatic rings. The summed E-state index contributed by atoms with van der Waals surface area (Å²) < 4.78 is 0. The third kappa shape index (κ3) is 2.07. The van der Waals surface area contributed by atoms with E-state index in [-0.39, 0.29) is 18.4 Å². The van der Waals surface area contributed by atoms with Crippen LogP contribution in [0, 0.1) is 19.8 Å². The van der Waals surface area contributed by atoms with Gasteiger partial charge < -0.3 is 5.11 Å². The second-order valence-electron chi connectivity index (χ2n) is 4.40. The normalized spacial score (nSPS) is 20.6. The van der Waals surface area contributed by atoms with Crippen molar-refractivity contribution in [3.05, 3.63) is 23.4 Å². The van der Waals surface area contributed by atoms with Gasteiger partial charge in [-0.15, -0.1) is 0 Å². The molecule has 2 rings (SSSR count). The van der Waals surface area contributed by atoms with E-state index in [1.54, 1.807) is 4.90 Å². The van der Waals surface area contributed by atoms with Gasteiger partial charge in [0.1, 0.15) is 5.82 Å². The second kappa shape index (κ2) is 4.22. The lowest BCUT2D eigenvalue weighted by Gasteiger charge is -2.16. The van der Waals surface area contributed by atoms with E-state index < -0.39 is 0 Å². The van der Waals surface area contributed by atoms with E-state index in [2.05, 4.69) is 4.98 Å². The van der Waals surface area contributed by atoms with Crippen LogP contribution in [0.25, 0.3) is 0 Å². The number of rotatable bonds is 2. The number of amides is 1. The van der Waals surface area contributed by atoms with E-state index >= 15 is 0 Å². The highest BCUT2D eigenvalue weighted by Gasteiger charge is 2.30. The minimum atomic E-state index is 0.0510. The molecule has 0 bridgehead atoms. The minimum absolute atomic E-state index is 0.0510. The Labute approximate surface area is 94.9 Å². The zero-order valence-corrected chi connectivity index (χ0v) is 9.60. The lowest BCUT2D eigenvalue weighted by molar-refractivity contribution is -0.117. The van der Waals surface area contributed by atoms with Crippen LogP contribution >= 0.6 is 0 Å². The number of aryl methyl sites for hydroxylation is 2. The van der Waals surface area contributed by atoms with E-state index in [9.17, 15) is 4.79 Å². The lowest BCUT2D eigenvalue weighted by Crippen LogP contribution is -2.26.